The van der Waals surface area contributed by atoms with Gasteiger partial charge in [-0.05, 0) is 55.0 Å². The molecule has 1 saturated carbocycles. The molecular weight excluding hydrogens is 416 g/mol. The Kier molecular flexibility index (Phi) is 5.96. The van der Waals surface area contributed by atoms with Gasteiger partial charge in [0.2, 0.25) is 0 Å². The molecule has 1 aliphatic carbocycles. The molecule has 8 heteroatoms. The minimum absolute atomic E-state index is 0.00718. The summed E-state index contributed by atoms with van der Waals surface area (Å²) in [6, 6.07) is 3.36. The molecular formula is C19H21BrN2O5. The van der Waals surface area contributed by atoms with Gasteiger partial charge in [-0.15, -0.1) is 0 Å². The lowest BCUT2D eigenvalue weighted by atomic mass is 9.89. The fraction of sp³-hybridized carbons (Fsp3) is 0.421. The molecule has 1 aromatic rings. The standard InChI is InChI=1S/C19H21BrN2O5/c1-22(2)14-6-4-3-5-13(14)21-19(25)11-7-8-12(20)18-17(11)26-15(23)9-10-16(24)27-18/h7-10,13-14H,3-6H2,1-2H3,(H,21,25)/b10-9-. The van der Waals surface area contributed by atoms with E-state index in [1.54, 1.807) is 6.07 Å². The van der Waals surface area contributed by atoms with Crippen LogP contribution in [-0.4, -0.2) is 48.9 Å². The van der Waals surface area contributed by atoms with Crippen molar-refractivity contribution >= 4 is 33.8 Å². The van der Waals surface area contributed by atoms with E-state index >= 15 is 0 Å². The summed E-state index contributed by atoms with van der Waals surface area (Å²) in [5.41, 5.74) is 0.146. The van der Waals surface area contributed by atoms with Crippen molar-refractivity contribution in [3.63, 3.8) is 0 Å². The summed E-state index contributed by atoms with van der Waals surface area (Å²) in [6.45, 7) is 0. The molecule has 7 nitrogen and oxygen atoms in total. The van der Waals surface area contributed by atoms with E-state index in [-0.39, 0.29) is 35.1 Å². The maximum Gasteiger partial charge on any atom is 0.336 e. The lowest BCUT2D eigenvalue weighted by Gasteiger charge is -2.36. The van der Waals surface area contributed by atoms with E-state index < -0.39 is 11.9 Å². The molecule has 27 heavy (non-hydrogen) atoms. The third-order valence-electron chi connectivity index (χ3n) is 4.78. The Balaban J connectivity index is 1.91. The van der Waals surface area contributed by atoms with Crippen LogP contribution in [0.2, 0.25) is 0 Å². The first kappa shape index (κ1) is 19.6. The minimum atomic E-state index is -0.746. The van der Waals surface area contributed by atoms with E-state index in [0.717, 1.165) is 37.8 Å². The van der Waals surface area contributed by atoms with Gasteiger partial charge in [-0.3, -0.25) is 4.79 Å². The zero-order valence-corrected chi connectivity index (χ0v) is 16.7. The van der Waals surface area contributed by atoms with Crippen LogP contribution in [0.25, 0.3) is 0 Å². The van der Waals surface area contributed by atoms with Gasteiger partial charge in [-0.1, -0.05) is 12.8 Å². The number of hydrogen-bond donors (Lipinski definition) is 1. The summed E-state index contributed by atoms with van der Waals surface area (Å²) in [5, 5.41) is 3.05. The highest BCUT2D eigenvalue weighted by Crippen LogP contribution is 2.39. The average Bonchev–Trinajstić information content (AvgIpc) is 2.62. The van der Waals surface area contributed by atoms with Gasteiger partial charge >= 0.3 is 11.9 Å². The molecule has 3 rings (SSSR count). The van der Waals surface area contributed by atoms with Crippen LogP contribution in [0.5, 0.6) is 11.5 Å². The maximum atomic E-state index is 13.0. The van der Waals surface area contributed by atoms with Crippen LogP contribution in [0, 0.1) is 0 Å². The first-order valence-electron chi connectivity index (χ1n) is 8.78. The predicted molar refractivity (Wildman–Crippen MR) is 102 cm³/mol. The number of benzene rings is 1. The van der Waals surface area contributed by atoms with E-state index in [2.05, 4.69) is 26.1 Å². The Hall–Kier alpha value is -2.19. The van der Waals surface area contributed by atoms with Crippen LogP contribution in [0.1, 0.15) is 36.0 Å². The van der Waals surface area contributed by atoms with Gasteiger partial charge in [-0.25, -0.2) is 9.59 Å². The lowest BCUT2D eigenvalue weighted by molar-refractivity contribution is -0.133. The number of amides is 1. The number of nitrogens with one attached hydrogen (secondary N) is 1. The van der Waals surface area contributed by atoms with E-state index in [0.29, 0.717) is 4.47 Å². The lowest BCUT2D eigenvalue weighted by Crippen LogP contribution is -2.51. The fourth-order valence-corrected chi connectivity index (χ4v) is 3.86. The number of carbonyl (C=O) groups is 3. The van der Waals surface area contributed by atoms with Gasteiger partial charge in [0, 0.05) is 24.2 Å². The number of nitrogens with zero attached hydrogens (tertiary/aromatic N) is 1. The highest BCUT2D eigenvalue weighted by atomic mass is 79.9. The number of halogens is 1. The molecule has 0 aromatic heterocycles. The molecule has 1 aromatic carbocycles. The number of ether oxygens (including phenoxy) is 2. The van der Waals surface area contributed by atoms with E-state index in [1.807, 2.05) is 14.1 Å². The molecule has 0 bridgehead atoms. The largest absolute Gasteiger partial charge is 0.418 e. The van der Waals surface area contributed by atoms with Gasteiger partial charge in [0.1, 0.15) is 0 Å². The van der Waals surface area contributed by atoms with Crippen LogP contribution >= 0.6 is 15.9 Å². The predicted octanol–water partition coefficient (Wildman–Crippen LogP) is 2.43. The number of esters is 2. The number of rotatable bonds is 3. The Bertz CT molecular complexity index is 806. The van der Waals surface area contributed by atoms with Crippen LogP contribution < -0.4 is 14.8 Å². The average molecular weight is 437 g/mol. The van der Waals surface area contributed by atoms with Crippen LogP contribution in [0.3, 0.4) is 0 Å². The fourth-order valence-electron chi connectivity index (χ4n) is 3.46. The summed E-state index contributed by atoms with van der Waals surface area (Å²) in [5.74, 6) is -1.89. The molecule has 1 heterocycles. The zero-order chi connectivity index (χ0) is 19.6. The Labute approximate surface area is 165 Å². The molecule has 2 unspecified atom stereocenters. The number of hydrogen-bond acceptors (Lipinski definition) is 6. The molecule has 1 aliphatic heterocycles. The van der Waals surface area contributed by atoms with Crippen molar-refractivity contribution in [2.45, 2.75) is 37.8 Å². The van der Waals surface area contributed by atoms with E-state index in [4.69, 9.17) is 9.47 Å². The second-order valence-corrected chi connectivity index (χ2v) is 7.68. The maximum absolute atomic E-state index is 13.0. The van der Waals surface area contributed by atoms with E-state index in [1.165, 1.54) is 6.07 Å². The zero-order valence-electron chi connectivity index (χ0n) is 15.2. The summed E-state index contributed by atoms with van der Waals surface area (Å²) in [7, 11) is 4.00. The van der Waals surface area contributed by atoms with E-state index in [9.17, 15) is 14.4 Å². The van der Waals surface area contributed by atoms with Gasteiger partial charge in [-0.2, -0.15) is 0 Å². The summed E-state index contributed by atoms with van der Waals surface area (Å²) < 4.78 is 10.9. The molecule has 1 fully saturated rings. The number of carbonyl (C=O) groups excluding carboxylic acids is 3. The van der Waals surface area contributed by atoms with Crippen molar-refractivity contribution < 1.29 is 23.9 Å². The van der Waals surface area contributed by atoms with Crippen LogP contribution in [0.15, 0.2) is 28.8 Å². The van der Waals surface area contributed by atoms with Crippen molar-refractivity contribution in [3.05, 3.63) is 34.3 Å². The summed E-state index contributed by atoms with van der Waals surface area (Å²) in [6.07, 6.45) is 6.01. The van der Waals surface area contributed by atoms with Crippen molar-refractivity contribution in [1.82, 2.24) is 10.2 Å². The molecule has 1 amide bonds. The third-order valence-corrected chi connectivity index (χ3v) is 5.40. The molecule has 0 radical (unpaired) electrons. The van der Waals surface area contributed by atoms with Gasteiger partial charge in [0.15, 0.2) is 11.5 Å². The highest BCUT2D eigenvalue weighted by molar-refractivity contribution is 9.10. The number of fused-ring (bicyclic) bond motifs is 1. The SMILES string of the molecule is CN(C)C1CCCCC1NC(=O)c1ccc(Br)c2c1OC(=O)/C=C\C(=O)O2. The molecule has 0 saturated heterocycles. The molecule has 2 atom stereocenters. The molecule has 144 valence electrons. The number of likely N-dealkylation sites (N-methyl/N-ethyl adjacent to an activating group) is 1. The Morgan fingerprint density at radius 3 is 2.37 bits per heavy atom. The Morgan fingerprint density at radius 2 is 1.70 bits per heavy atom. The molecule has 1 N–H and O–H groups in total. The van der Waals surface area contributed by atoms with Crippen molar-refractivity contribution in [1.29, 1.82) is 0 Å². The first-order valence-corrected chi connectivity index (χ1v) is 9.57. The molecule has 0 spiro atoms. The van der Waals surface area contributed by atoms with Crippen LogP contribution in [-0.2, 0) is 9.59 Å². The smallest absolute Gasteiger partial charge is 0.336 e. The summed E-state index contributed by atoms with van der Waals surface area (Å²) >= 11 is 3.27. The third kappa shape index (κ3) is 4.39. The van der Waals surface area contributed by atoms with Crippen molar-refractivity contribution in [2.24, 2.45) is 0 Å². The van der Waals surface area contributed by atoms with Crippen LogP contribution in [0.4, 0.5) is 0 Å². The highest BCUT2D eigenvalue weighted by Gasteiger charge is 2.31. The van der Waals surface area contributed by atoms with Crippen molar-refractivity contribution in [2.75, 3.05) is 14.1 Å². The second-order valence-electron chi connectivity index (χ2n) is 6.82. The van der Waals surface area contributed by atoms with Gasteiger partial charge < -0.3 is 19.7 Å². The quantitative estimate of drug-likeness (QED) is 0.578. The Morgan fingerprint density at radius 1 is 1.07 bits per heavy atom. The second kappa shape index (κ2) is 8.22. The minimum Gasteiger partial charge on any atom is -0.418 e. The van der Waals surface area contributed by atoms with Crippen molar-refractivity contribution in [3.8, 4) is 11.5 Å². The van der Waals surface area contributed by atoms with Gasteiger partial charge in [0.25, 0.3) is 5.91 Å². The summed E-state index contributed by atoms with van der Waals surface area (Å²) in [4.78, 5) is 38.7. The topological polar surface area (TPSA) is 84.9 Å². The monoisotopic (exact) mass is 436 g/mol. The normalized spacial score (nSPS) is 23.6. The van der Waals surface area contributed by atoms with Gasteiger partial charge in [0.05, 0.1) is 10.0 Å². The first-order chi connectivity index (χ1) is 12.9. The molecule has 2 aliphatic rings.